The van der Waals surface area contributed by atoms with Gasteiger partial charge < -0.3 is 60.1 Å². The number of benzene rings is 2. The molecule has 0 aliphatic carbocycles. The van der Waals surface area contributed by atoms with Crippen LogP contribution in [0, 0.1) is 29.1 Å². The zero-order valence-corrected chi connectivity index (χ0v) is 34.6. The first-order chi connectivity index (χ1) is 30.8. The lowest BCUT2D eigenvalue weighted by molar-refractivity contribution is -0.116. The standard InChI is InChI=1S/C41H38F5N11O8/c1-54-15-22(10-25(54)38(60)49-24-12-27(56(3)17-24)40(62)65-35-33(45)31(43)30(42)32(44)34(35)46)48-37(59)26-11-23(16-55(26)2)50-39(61)36-53-28(18-57(36)4)52-29(58)13-21(14-47)51-41(63)64-19-20-8-6-5-7-9-20/h5-12,15-18,21H,13-14,19,47H2,1-4H3,(H,48,59)(H,49,60)(H,50,61)(H,51,63)(H,52,58)/t21-/m1/s1. The largest absolute Gasteiger partial charge is 0.445 e. The summed E-state index contributed by atoms with van der Waals surface area (Å²) in [6.45, 7) is -0.0421. The summed E-state index contributed by atoms with van der Waals surface area (Å²) in [6.07, 6.45) is 4.51. The quantitative estimate of drug-likeness (QED) is 0.0273. The Balaban J connectivity index is 1.02. The van der Waals surface area contributed by atoms with Crippen molar-refractivity contribution in [1.29, 1.82) is 0 Å². The molecular weight excluding hydrogens is 870 g/mol. The summed E-state index contributed by atoms with van der Waals surface area (Å²) in [4.78, 5) is 81.6. The number of nitrogens with one attached hydrogen (secondary N) is 5. The van der Waals surface area contributed by atoms with Crippen molar-refractivity contribution in [2.24, 2.45) is 33.9 Å². The minimum absolute atomic E-state index is 0.00948. The molecule has 340 valence electrons. The molecule has 65 heavy (non-hydrogen) atoms. The Morgan fingerprint density at radius 2 is 1.14 bits per heavy atom. The minimum Gasteiger partial charge on any atom is -0.445 e. The number of aromatic nitrogens is 5. The van der Waals surface area contributed by atoms with Gasteiger partial charge in [-0.3, -0.25) is 19.2 Å². The second kappa shape index (κ2) is 19.4. The van der Waals surface area contributed by atoms with Crippen molar-refractivity contribution in [3.05, 3.63) is 131 Å². The molecule has 6 aromatic rings. The number of aryl methyl sites for hydroxylation is 4. The van der Waals surface area contributed by atoms with Crippen molar-refractivity contribution in [3.8, 4) is 5.75 Å². The third-order valence-electron chi connectivity index (χ3n) is 9.43. The summed E-state index contributed by atoms with van der Waals surface area (Å²) in [7, 11) is 5.85. The average Bonchev–Trinajstić information content (AvgIpc) is 4.04. The lowest BCUT2D eigenvalue weighted by atomic mass is 10.2. The Morgan fingerprint density at radius 1 is 0.646 bits per heavy atom. The minimum atomic E-state index is -2.43. The van der Waals surface area contributed by atoms with Gasteiger partial charge in [0.15, 0.2) is 5.82 Å². The van der Waals surface area contributed by atoms with E-state index in [2.05, 4.69) is 36.3 Å². The van der Waals surface area contributed by atoms with Gasteiger partial charge in [-0.25, -0.2) is 27.7 Å². The first-order valence-corrected chi connectivity index (χ1v) is 19.0. The van der Waals surface area contributed by atoms with Gasteiger partial charge in [0.05, 0.1) is 23.1 Å². The molecule has 0 saturated heterocycles. The summed E-state index contributed by atoms with van der Waals surface area (Å²) < 4.78 is 83.7. The summed E-state index contributed by atoms with van der Waals surface area (Å²) in [6, 6.07) is 12.0. The first kappa shape index (κ1) is 46.2. The second-order valence-electron chi connectivity index (χ2n) is 14.3. The second-order valence-corrected chi connectivity index (χ2v) is 14.3. The molecule has 2 aromatic carbocycles. The van der Waals surface area contributed by atoms with E-state index in [9.17, 15) is 50.7 Å². The maximum absolute atomic E-state index is 14.1. The number of esters is 1. The molecule has 0 radical (unpaired) electrons. The molecule has 5 amide bonds. The lowest BCUT2D eigenvalue weighted by Crippen LogP contribution is -2.42. The highest BCUT2D eigenvalue weighted by Crippen LogP contribution is 2.30. The van der Waals surface area contributed by atoms with Crippen molar-refractivity contribution in [3.63, 3.8) is 0 Å². The van der Waals surface area contributed by atoms with Crippen molar-refractivity contribution in [2.75, 3.05) is 27.8 Å². The highest BCUT2D eigenvalue weighted by atomic mass is 19.2. The van der Waals surface area contributed by atoms with E-state index in [1.165, 1.54) is 71.8 Å². The highest BCUT2D eigenvalue weighted by molar-refractivity contribution is 6.08. The van der Waals surface area contributed by atoms with E-state index in [1.54, 1.807) is 31.3 Å². The number of alkyl carbamates (subject to hydrolysis) is 1. The van der Waals surface area contributed by atoms with Crippen LogP contribution in [0.2, 0.25) is 0 Å². The summed E-state index contributed by atoms with van der Waals surface area (Å²) in [5.74, 6) is -17.7. The molecule has 0 fully saturated rings. The van der Waals surface area contributed by atoms with Crippen LogP contribution in [0.5, 0.6) is 5.75 Å². The number of carbonyl (C=O) groups is 6. The Labute approximate surface area is 364 Å². The number of amides is 5. The number of hydrogen-bond acceptors (Lipinski definition) is 10. The van der Waals surface area contributed by atoms with Crippen molar-refractivity contribution >= 4 is 58.6 Å². The number of imidazole rings is 1. The van der Waals surface area contributed by atoms with Crippen LogP contribution in [0.15, 0.2) is 73.3 Å². The molecule has 4 aromatic heterocycles. The van der Waals surface area contributed by atoms with Gasteiger partial charge in [-0.1, -0.05) is 30.3 Å². The van der Waals surface area contributed by atoms with Crippen LogP contribution in [0.25, 0.3) is 0 Å². The average molecular weight is 908 g/mol. The molecule has 6 rings (SSSR count). The molecular formula is C41H38F5N11O8. The zero-order chi connectivity index (χ0) is 47.3. The Kier molecular flexibility index (Phi) is 13.8. The predicted octanol–water partition coefficient (Wildman–Crippen LogP) is 4.69. The molecule has 24 heteroatoms. The molecule has 0 aliphatic rings. The number of carbonyl (C=O) groups excluding carboxylic acids is 6. The smallest absolute Gasteiger partial charge is 0.407 e. The molecule has 1 atom stereocenters. The molecule has 0 bridgehead atoms. The van der Waals surface area contributed by atoms with E-state index in [4.69, 9.17) is 10.5 Å². The van der Waals surface area contributed by atoms with Crippen molar-refractivity contribution in [1.82, 2.24) is 28.6 Å². The molecule has 0 aliphatic heterocycles. The van der Waals surface area contributed by atoms with Crippen molar-refractivity contribution in [2.45, 2.75) is 19.1 Å². The van der Waals surface area contributed by atoms with Gasteiger partial charge in [0.25, 0.3) is 17.7 Å². The van der Waals surface area contributed by atoms with Crippen LogP contribution in [0.1, 0.15) is 54.1 Å². The van der Waals surface area contributed by atoms with Gasteiger partial charge in [-0.15, -0.1) is 0 Å². The Bertz CT molecular complexity index is 2810. The van der Waals surface area contributed by atoms with Gasteiger partial charge in [-0.05, 0) is 23.8 Å². The molecule has 0 unspecified atom stereocenters. The third-order valence-corrected chi connectivity index (χ3v) is 9.43. The fourth-order valence-corrected chi connectivity index (χ4v) is 6.23. The van der Waals surface area contributed by atoms with E-state index in [0.29, 0.717) is 0 Å². The molecule has 4 heterocycles. The number of anilines is 4. The number of nitrogens with zero attached hydrogens (tertiary/aromatic N) is 5. The third kappa shape index (κ3) is 10.7. The van der Waals surface area contributed by atoms with Crippen LogP contribution in [-0.4, -0.2) is 71.5 Å². The highest BCUT2D eigenvalue weighted by Gasteiger charge is 2.30. The number of hydrogen-bond donors (Lipinski definition) is 6. The normalized spacial score (nSPS) is 11.4. The van der Waals surface area contributed by atoms with E-state index in [1.807, 2.05) is 6.07 Å². The molecule has 0 spiro atoms. The zero-order valence-electron chi connectivity index (χ0n) is 34.6. The van der Waals surface area contributed by atoms with Crippen LogP contribution in [0.4, 0.5) is 49.6 Å². The number of ether oxygens (including phenoxy) is 2. The van der Waals surface area contributed by atoms with Crippen LogP contribution >= 0.6 is 0 Å². The maximum Gasteiger partial charge on any atom is 0.407 e. The predicted molar refractivity (Wildman–Crippen MR) is 220 cm³/mol. The fraction of sp³-hybridized carbons (Fsp3) is 0.195. The molecule has 0 saturated carbocycles. The Hall–Kier alpha value is -8.28. The molecule has 19 nitrogen and oxygen atoms in total. The summed E-state index contributed by atoms with van der Waals surface area (Å²) in [5.41, 5.74) is 6.55. The van der Waals surface area contributed by atoms with Gasteiger partial charge in [-0.2, -0.15) is 8.78 Å². The maximum atomic E-state index is 14.1. The number of rotatable bonds is 15. The number of nitrogens with two attached hydrogens (primary N) is 1. The van der Waals surface area contributed by atoms with E-state index in [-0.39, 0.29) is 59.7 Å². The lowest BCUT2D eigenvalue weighted by Gasteiger charge is -2.16. The fourth-order valence-electron chi connectivity index (χ4n) is 6.23. The Morgan fingerprint density at radius 3 is 1.68 bits per heavy atom. The van der Waals surface area contributed by atoms with Gasteiger partial charge >= 0.3 is 12.1 Å². The van der Waals surface area contributed by atoms with Crippen LogP contribution in [-0.2, 0) is 44.3 Å². The van der Waals surface area contributed by atoms with Gasteiger partial charge in [0.2, 0.25) is 46.6 Å². The SMILES string of the molecule is Cn1cc(NC(=O)c2cc(NC(=O)c3nc(NC(=O)C[C@H](CN)NC(=O)OCc4ccccc4)cn3C)cn2C)cc1C(=O)Nc1cc(C(=O)Oc2c(F)c(F)c(F)c(F)c2F)n(C)c1. The van der Waals surface area contributed by atoms with E-state index in [0.717, 1.165) is 16.2 Å². The summed E-state index contributed by atoms with van der Waals surface area (Å²) in [5, 5.41) is 12.9. The topological polar surface area (TPSA) is 240 Å². The first-order valence-electron chi connectivity index (χ1n) is 19.0. The van der Waals surface area contributed by atoms with Crippen LogP contribution < -0.4 is 37.1 Å². The van der Waals surface area contributed by atoms with Gasteiger partial charge in [0, 0.05) is 65.9 Å². The number of halogens is 5. The monoisotopic (exact) mass is 907 g/mol. The van der Waals surface area contributed by atoms with Crippen LogP contribution in [0.3, 0.4) is 0 Å². The van der Waals surface area contributed by atoms with Gasteiger partial charge in [0.1, 0.15) is 23.7 Å². The van der Waals surface area contributed by atoms with E-state index < -0.39 is 82.3 Å². The molecule has 7 N–H and O–H groups in total. The summed E-state index contributed by atoms with van der Waals surface area (Å²) >= 11 is 0. The van der Waals surface area contributed by atoms with Crippen molar-refractivity contribution < 1.29 is 60.2 Å². The van der Waals surface area contributed by atoms with E-state index >= 15 is 0 Å².